The molecule has 1 aromatic heterocycles. The molecule has 6 nitrogen and oxygen atoms in total. The lowest BCUT2D eigenvalue weighted by Gasteiger charge is -2.16. The summed E-state index contributed by atoms with van der Waals surface area (Å²) >= 11 is 0. The smallest absolute Gasteiger partial charge is 0.308 e. The number of hydrogen-bond acceptors (Lipinski definition) is 5. The Balaban J connectivity index is 1.91. The number of hydrogen-bond donors (Lipinski definition) is 1. The Hall–Kier alpha value is -3.28. The second kappa shape index (κ2) is 11.4. The molecule has 0 bridgehead atoms. The molecule has 32 heavy (non-hydrogen) atoms. The van der Waals surface area contributed by atoms with Crippen molar-refractivity contribution in [3.8, 4) is 17.2 Å². The van der Waals surface area contributed by atoms with Crippen LogP contribution >= 0.6 is 0 Å². The summed E-state index contributed by atoms with van der Waals surface area (Å²) in [5.41, 5.74) is 1.08. The van der Waals surface area contributed by atoms with Gasteiger partial charge in [0, 0.05) is 24.9 Å². The van der Waals surface area contributed by atoms with E-state index in [2.05, 4.69) is 6.92 Å². The van der Waals surface area contributed by atoms with Crippen LogP contribution in [0.25, 0.3) is 10.9 Å². The summed E-state index contributed by atoms with van der Waals surface area (Å²) in [5.74, 6) is -0.703. The number of benzene rings is 2. The van der Waals surface area contributed by atoms with Gasteiger partial charge in [0.05, 0.1) is 5.52 Å². The molecular weight excluding hydrogens is 406 g/mol. The van der Waals surface area contributed by atoms with Gasteiger partial charge in [-0.1, -0.05) is 69.4 Å². The molecule has 0 unspecified atom stereocenters. The van der Waals surface area contributed by atoms with Crippen LogP contribution in [0.1, 0.15) is 57.9 Å². The summed E-state index contributed by atoms with van der Waals surface area (Å²) in [7, 11) is 0. The molecule has 2 aromatic carbocycles. The van der Waals surface area contributed by atoms with E-state index in [0.29, 0.717) is 29.8 Å². The van der Waals surface area contributed by atoms with Crippen LogP contribution in [-0.2, 0) is 17.9 Å². The van der Waals surface area contributed by atoms with Crippen LogP contribution < -0.4 is 15.0 Å². The minimum atomic E-state index is -0.648. The van der Waals surface area contributed by atoms with Gasteiger partial charge < -0.3 is 19.1 Å². The molecule has 0 atom stereocenters. The third kappa shape index (κ3) is 5.90. The van der Waals surface area contributed by atoms with Gasteiger partial charge in [-0.2, -0.15) is 0 Å². The standard InChI is InChI=1S/C26H31NO5/c1-3-4-5-6-7-11-16-27-23-17-21(31-18-20-12-9-8-10-13-20)14-15-22(23)24(29)25(26(27)30)32-19(2)28/h8-10,12-15,17,29H,3-7,11,16,18H2,1-2H3. The van der Waals surface area contributed by atoms with Crippen LogP contribution in [0, 0.1) is 0 Å². The first kappa shape index (κ1) is 23.4. The minimum Gasteiger partial charge on any atom is -0.504 e. The summed E-state index contributed by atoms with van der Waals surface area (Å²) in [6.07, 6.45) is 6.50. The number of carbonyl (C=O) groups is 1. The first-order valence-electron chi connectivity index (χ1n) is 11.3. The average Bonchev–Trinajstić information content (AvgIpc) is 2.80. The number of nitrogens with zero attached hydrogens (tertiary/aromatic N) is 1. The molecule has 1 heterocycles. The van der Waals surface area contributed by atoms with Crippen molar-refractivity contribution in [1.29, 1.82) is 0 Å². The molecule has 3 rings (SSSR count). The zero-order valence-electron chi connectivity index (χ0n) is 18.8. The summed E-state index contributed by atoms with van der Waals surface area (Å²) in [5, 5.41) is 11.1. The van der Waals surface area contributed by atoms with Crippen molar-refractivity contribution in [1.82, 2.24) is 4.57 Å². The largest absolute Gasteiger partial charge is 0.504 e. The van der Waals surface area contributed by atoms with Gasteiger partial charge in [-0.05, 0) is 24.1 Å². The maximum absolute atomic E-state index is 13.1. The minimum absolute atomic E-state index is 0.325. The van der Waals surface area contributed by atoms with Crippen LogP contribution in [0.4, 0.5) is 0 Å². The number of aromatic hydroxyl groups is 1. The van der Waals surface area contributed by atoms with Gasteiger partial charge in [0.15, 0.2) is 5.75 Å². The number of aryl methyl sites for hydroxylation is 1. The molecule has 0 aliphatic rings. The monoisotopic (exact) mass is 437 g/mol. The van der Waals surface area contributed by atoms with Gasteiger partial charge in [-0.25, -0.2) is 0 Å². The first-order chi connectivity index (χ1) is 15.5. The molecule has 6 heteroatoms. The van der Waals surface area contributed by atoms with Gasteiger partial charge >= 0.3 is 5.97 Å². The van der Waals surface area contributed by atoms with Gasteiger partial charge in [0.25, 0.3) is 5.56 Å². The normalized spacial score (nSPS) is 10.9. The Morgan fingerprint density at radius 1 is 1.00 bits per heavy atom. The molecule has 0 saturated carbocycles. The number of esters is 1. The maximum Gasteiger partial charge on any atom is 0.308 e. The van der Waals surface area contributed by atoms with E-state index in [9.17, 15) is 14.7 Å². The maximum atomic E-state index is 13.1. The van der Waals surface area contributed by atoms with E-state index in [1.165, 1.54) is 26.2 Å². The highest BCUT2D eigenvalue weighted by Gasteiger charge is 2.19. The van der Waals surface area contributed by atoms with Crippen LogP contribution in [0.2, 0.25) is 0 Å². The third-order valence-electron chi connectivity index (χ3n) is 5.40. The molecule has 0 aliphatic heterocycles. The number of aromatic nitrogens is 1. The molecule has 0 spiro atoms. The number of ether oxygens (including phenoxy) is 2. The van der Waals surface area contributed by atoms with Crippen molar-refractivity contribution >= 4 is 16.9 Å². The Morgan fingerprint density at radius 2 is 1.72 bits per heavy atom. The van der Waals surface area contributed by atoms with Crippen molar-refractivity contribution in [3.05, 3.63) is 64.4 Å². The van der Waals surface area contributed by atoms with Crippen molar-refractivity contribution in [2.75, 3.05) is 0 Å². The zero-order chi connectivity index (χ0) is 22.9. The van der Waals surface area contributed by atoms with Crippen molar-refractivity contribution < 1.29 is 19.4 Å². The van der Waals surface area contributed by atoms with E-state index in [1.807, 2.05) is 30.3 Å². The summed E-state index contributed by atoms with van der Waals surface area (Å²) in [4.78, 5) is 24.6. The fourth-order valence-corrected chi connectivity index (χ4v) is 3.73. The molecule has 170 valence electrons. The first-order valence-corrected chi connectivity index (χ1v) is 11.3. The predicted molar refractivity (Wildman–Crippen MR) is 125 cm³/mol. The van der Waals surface area contributed by atoms with Crippen LogP contribution in [0.15, 0.2) is 53.3 Å². The van der Waals surface area contributed by atoms with E-state index >= 15 is 0 Å². The zero-order valence-corrected chi connectivity index (χ0v) is 18.8. The van der Waals surface area contributed by atoms with Crippen LogP contribution in [-0.4, -0.2) is 15.6 Å². The lowest BCUT2D eigenvalue weighted by Crippen LogP contribution is -2.24. The lowest BCUT2D eigenvalue weighted by molar-refractivity contribution is -0.132. The highest BCUT2D eigenvalue weighted by atomic mass is 16.5. The molecule has 0 aliphatic carbocycles. The number of unbranched alkanes of at least 4 members (excludes halogenated alkanes) is 5. The molecule has 0 saturated heterocycles. The van der Waals surface area contributed by atoms with Crippen LogP contribution in [0.5, 0.6) is 17.2 Å². The highest BCUT2D eigenvalue weighted by molar-refractivity contribution is 5.89. The van der Waals surface area contributed by atoms with E-state index in [4.69, 9.17) is 9.47 Å². The Morgan fingerprint density at radius 3 is 2.44 bits per heavy atom. The van der Waals surface area contributed by atoms with Crippen molar-refractivity contribution in [2.45, 2.75) is 65.5 Å². The topological polar surface area (TPSA) is 77.8 Å². The number of pyridine rings is 1. The number of fused-ring (bicyclic) bond motifs is 1. The van der Waals surface area contributed by atoms with Gasteiger partial charge in [-0.3, -0.25) is 9.59 Å². The second-order valence-corrected chi connectivity index (χ2v) is 7.95. The predicted octanol–water partition coefficient (Wildman–Crippen LogP) is 5.57. The Bertz CT molecular complexity index is 1100. The van der Waals surface area contributed by atoms with E-state index in [-0.39, 0.29) is 11.5 Å². The number of carbonyl (C=O) groups excluding carboxylic acids is 1. The van der Waals surface area contributed by atoms with Gasteiger partial charge in [0.2, 0.25) is 5.75 Å². The Labute approximate surface area is 188 Å². The van der Waals surface area contributed by atoms with Crippen LogP contribution in [0.3, 0.4) is 0 Å². The van der Waals surface area contributed by atoms with E-state index in [1.54, 1.807) is 22.8 Å². The molecule has 1 N–H and O–H groups in total. The fraction of sp³-hybridized carbons (Fsp3) is 0.385. The quantitative estimate of drug-likeness (QED) is 0.313. The highest BCUT2D eigenvalue weighted by Crippen LogP contribution is 2.34. The number of rotatable bonds is 11. The SMILES string of the molecule is CCCCCCCCn1c(=O)c(OC(C)=O)c(O)c2ccc(OCc3ccccc3)cc21. The van der Waals surface area contributed by atoms with E-state index < -0.39 is 11.5 Å². The Kier molecular flexibility index (Phi) is 8.31. The molecule has 0 fully saturated rings. The summed E-state index contributed by atoms with van der Waals surface area (Å²) in [6.45, 7) is 4.25. The van der Waals surface area contributed by atoms with Crippen molar-refractivity contribution in [2.24, 2.45) is 0 Å². The molecule has 3 aromatic rings. The van der Waals surface area contributed by atoms with Crippen molar-refractivity contribution in [3.63, 3.8) is 0 Å². The molecule has 0 radical (unpaired) electrons. The fourth-order valence-electron chi connectivity index (χ4n) is 3.73. The third-order valence-corrected chi connectivity index (χ3v) is 5.40. The van der Waals surface area contributed by atoms with Gasteiger partial charge in [-0.15, -0.1) is 0 Å². The average molecular weight is 438 g/mol. The summed E-state index contributed by atoms with van der Waals surface area (Å²) in [6, 6.07) is 15.0. The second-order valence-electron chi connectivity index (χ2n) is 7.95. The molecular formula is C26H31NO5. The summed E-state index contributed by atoms with van der Waals surface area (Å²) < 4.78 is 12.6. The lowest BCUT2D eigenvalue weighted by atomic mass is 10.1. The van der Waals surface area contributed by atoms with E-state index in [0.717, 1.165) is 24.8 Å². The van der Waals surface area contributed by atoms with Gasteiger partial charge in [0.1, 0.15) is 12.4 Å². The molecule has 0 amide bonds.